The summed E-state index contributed by atoms with van der Waals surface area (Å²) in [5.41, 5.74) is 7.25. The van der Waals surface area contributed by atoms with E-state index in [1.54, 1.807) is 4.52 Å². The van der Waals surface area contributed by atoms with Crippen LogP contribution >= 0.6 is 0 Å². The molecule has 90 valence electrons. The Balaban J connectivity index is 1.83. The van der Waals surface area contributed by atoms with Gasteiger partial charge in [-0.15, -0.1) is 0 Å². The summed E-state index contributed by atoms with van der Waals surface area (Å²) in [6.45, 7) is 0.861. The lowest BCUT2D eigenvalue weighted by Crippen LogP contribution is -2.21. The van der Waals surface area contributed by atoms with E-state index in [0.717, 1.165) is 30.9 Å². The highest BCUT2D eigenvalue weighted by atomic mass is 16.5. The van der Waals surface area contributed by atoms with Gasteiger partial charge in [0, 0.05) is 19.2 Å². The molecule has 2 aromatic rings. The van der Waals surface area contributed by atoms with Crippen LogP contribution in [0.5, 0.6) is 0 Å². The molecule has 1 unspecified atom stereocenters. The van der Waals surface area contributed by atoms with E-state index in [9.17, 15) is 0 Å². The summed E-state index contributed by atoms with van der Waals surface area (Å²) in [6.07, 6.45) is 6.42. The maximum Gasteiger partial charge on any atom is 0.178 e. The number of ether oxygens (including phenoxy) is 1. The van der Waals surface area contributed by atoms with Gasteiger partial charge in [0.1, 0.15) is 0 Å². The molecule has 0 aliphatic carbocycles. The molecule has 1 saturated heterocycles. The topological polar surface area (TPSA) is 65.4 Å². The molecule has 1 aliphatic rings. The van der Waals surface area contributed by atoms with Gasteiger partial charge < -0.3 is 10.5 Å². The minimum atomic E-state index is 0.266. The molecule has 1 aliphatic heterocycles. The van der Waals surface area contributed by atoms with E-state index in [1.807, 2.05) is 18.3 Å². The largest absolute Gasteiger partial charge is 0.396 e. The van der Waals surface area contributed by atoms with Crippen LogP contribution in [0.3, 0.4) is 0 Å². The zero-order valence-electron chi connectivity index (χ0n) is 9.67. The van der Waals surface area contributed by atoms with Gasteiger partial charge in [0.2, 0.25) is 0 Å². The first-order valence-corrected chi connectivity index (χ1v) is 6.04. The van der Waals surface area contributed by atoms with Gasteiger partial charge in [0.05, 0.1) is 11.8 Å². The summed E-state index contributed by atoms with van der Waals surface area (Å²) in [5, 5.41) is 4.41. The van der Waals surface area contributed by atoms with Gasteiger partial charge in [-0.25, -0.2) is 9.50 Å². The van der Waals surface area contributed by atoms with Crippen LogP contribution < -0.4 is 5.73 Å². The van der Waals surface area contributed by atoms with Crippen molar-refractivity contribution in [1.82, 2.24) is 14.6 Å². The fourth-order valence-corrected chi connectivity index (χ4v) is 2.23. The third-order valence-corrected chi connectivity index (χ3v) is 3.12. The standard InChI is InChI=1S/C12H16N4O/c13-10-5-3-6-16-12(10)14-11(15-16)8-9-4-1-2-7-17-9/h3,5-6,9H,1-2,4,7-8,13H2. The summed E-state index contributed by atoms with van der Waals surface area (Å²) >= 11 is 0. The van der Waals surface area contributed by atoms with Crippen molar-refractivity contribution in [3.05, 3.63) is 24.2 Å². The average Bonchev–Trinajstić information content (AvgIpc) is 2.74. The number of nitrogens with zero attached hydrogens (tertiary/aromatic N) is 3. The van der Waals surface area contributed by atoms with Gasteiger partial charge in [-0.2, -0.15) is 5.10 Å². The van der Waals surface area contributed by atoms with E-state index in [-0.39, 0.29) is 6.10 Å². The van der Waals surface area contributed by atoms with Crippen molar-refractivity contribution in [3.63, 3.8) is 0 Å². The molecule has 17 heavy (non-hydrogen) atoms. The smallest absolute Gasteiger partial charge is 0.178 e. The number of anilines is 1. The van der Waals surface area contributed by atoms with Crippen LogP contribution in [0.2, 0.25) is 0 Å². The second-order valence-corrected chi connectivity index (χ2v) is 4.45. The molecule has 2 N–H and O–H groups in total. The van der Waals surface area contributed by atoms with E-state index >= 15 is 0 Å². The number of aromatic nitrogens is 3. The van der Waals surface area contributed by atoms with Gasteiger partial charge in [-0.3, -0.25) is 0 Å². The van der Waals surface area contributed by atoms with Crippen molar-refractivity contribution in [2.75, 3.05) is 12.3 Å². The highest BCUT2D eigenvalue weighted by Gasteiger charge is 2.17. The van der Waals surface area contributed by atoms with Gasteiger partial charge in [-0.05, 0) is 31.4 Å². The maximum absolute atomic E-state index is 5.85. The number of pyridine rings is 1. The molecule has 2 aromatic heterocycles. The predicted molar refractivity (Wildman–Crippen MR) is 64.7 cm³/mol. The second kappa shape index (κ2) is 4.33. The number of hydrogen-bond acceptors (Lipinski definition) is 4. The van der Waals surface area contributed by atoms with Crippen molar-refractivity contribution in [1.29, 1.82) is 0 Å². The summed E-state index contributed by atoms with van der Waals surface area (Å²) in [4.78, 5) is 4.45. The lowest BCUT2D eigenvalue weighted by molar-refractivity contribution is 0.0157. The van der Waals surface area contributed by atoms with E-state index < -0.39 is 0 Å². The van der Waals surface area contributed by atoms with Crippen molar-refractivity contribution in [2.24, 2.45) is 0 Å². The number of rotatable bonds is 2. The zero-order valence-corrected chi connectivity index (χ0v) is 9.67. The maximum atomic E-state index is 5.85. The normalized spacial score (nSPS) is 20.8. The fourth-order valence-electron chi connectivity index (χ4n) is 2.23. The van der Waals surface area contributed by atoms with Gasteiger partial charge in [0.15, 0.2) is 11.5 Å². The second-order valence-electron chi connectivity index (χ2n) is 4.45. The first-order chi connectivity index (χ1) is 8.33. The van der Waals surface area contributed by atoms with Gasteiger partial charge in [-0.1, -0.05) is 0 Å². The highest BCUT2D eigenvalue weighted by molar-refractivity contribution is 5.63. The number of nitrogen functional groups attached to an aromatic ring is 1. The molecule has 0 saturated carbocycles. The highest BCUT2D eigenvalue weighted by Crippen LogP contribution is 2.17. The molecule has 0 aromatic carbocycles. The lowest BCUT2D eigenvalue weighted by atomic mass is 10.1. The van der Waals surface area contributed by atoms with Crippen LogP contribution in [-0.4, -0.2) is 27.3 Å². The molecule has 0 bridgehead atoms. The van der Waals surface area contributed by atoms with Crippen LogP contribution in [-0.2, 0) is 11.2 Å². The summed E-state index contributed by atoms with van der Waals surface area (Å²) in [5.74, 6) is 0.815. The lowest BCUT2D eigenvalue weighted by Gasteiger charge is -2.20. The summed E-state index contributed by atoms with van der Waals surface area (Å²) in [7, 11) is 0. The summed E-state index contributed by atoms with van der Waals surface area (Å²) in [6, 6.07) is 3.71. The SMILES string of the molecule is Nc1cccn2nc(CC3CCCCO3)nc12. The minimum absolute atomic E-state index is 0.266. The van der Waals surface area contributed by atoms with Crippen molar-refractivity contribution in [3.8, 4) is 0 Å². The molecule has 0 spiro atoms. The third kappa shape index (κ3) is 2.10. The molecule has 0 radical (unpaired) electrons. The van der Waals surface area contributed by atoms with E-state index in [1.165, 1.54) is 12.8 Å². The Kier molecular flexibility index (Phi) is 2.68. The average molecular weight is 232 g/mol. The van der Waals surface area contributed by atoms with Crippen LogP contribution in [0.25, 0.3) is 5.65 Å². The molecule has 1 fully saturated rings. The Morgan fingerprint density at radius 2 is 2.41 bits per heavy atom. The fraction of sp³-hybridized carbons (Fsp3) is 0.500. The molecule has 3 rings (SSSR count). The monoisotopic (exact) mass is 232 g/mol. The third-order valence-electron chi connectivity index (χ3n) is 3.12. The Morgan fingerprint density at radius 3 is 3.18 bits per heavy atom. The number of hydrogen-bond donors (Lipinski definition) is 1. The molecular formula is C12H16N4O. The molecule has 3 heterocycles. The van der Waals surface area contributed by atoms with Crippen LogP contribution in [0.15, 0.2) is 18.3 Å². The molecule has 1 atom stereocenters. The zero-order chi connectivity index (χ0) is 11.7. The Morgan fingerprint density at radius 1 is 1.47 bits per heavy atom. The molecule has 0 amide bonds. The van der Waals surface area contributed by atoms with Crippen molar-refractivity contribution < 1.29 is 4.74 Å². The van der Waals surface area contributed by atoms with Crippen molar-refractivity contribution in [2.45, 2.75) is 31.8 Å². The van der Waals surface area contributed by atoms with Gasteiger partial charge >= 0.3 is 0 Å². The number of fused-ring (bicyclic) bond motifs is 1. The minimum Gasteiger partial charge on any atom is -0.396 e. The Hall–Kier alpha value is -1.62. The Bertz CT molecular complexity index is 516. The quantitative estimate of drug-likeness (QED) is 0.850. The van der Waals surface area contributed by atoms with E-state index in [4.69, 9.17) is 10.5 Å². The molecule has 5 nitrogen and oxygen atoms in total. The Labute approximate surface area is 99.6 Å². The first-order valence-electron chi connectivity index (χ1n) is 6.04. The molecule has 5 heteroatoms. The summed E-state index contributed by atoms with van der Waals surface area (Å²) < 4.78 is 7.42. The van der Waals surface area contributed by atoms with Crippen LogP contribution in [0.4, 0.5) is 5.69 Å². The molecular weight excluding hydrogens is 216 g/mol. The van der Waals surface area contributed by atoms with E-state index in [2.05, 4.69) is 10.1 Å². The van der Waals surface area contributed by atoms with E-state index in [0.29, 0.717) is 5.69 Å². The van der Waals surface area contributed by atoms with Crippen molar-refractivity contribution >= 4 is 11.3 Å². The first kappa shape index (κ1) is 10.5. The van der Waals surface area contributed by atoms with Gasteiger partial charge in [0.25, 0.3) is 0 Å². The number of nitrogens with two attached hydrogens (primary N) is 1. The van der Waals surface area contributed by atoms with Crippen LogP contribution in [0.1, 0.15) is 25.1 Å². The van der Waals surface area contributed by atoms with Crippen LogP contribution in [0, 0.1) is 0 Å². The predicted octanol–water partition coefficient (Wildman–Crippen LogP) is 1.42.